The Bertz CT molecular complexity index is 795. The van der Waals surface area contributed by atoms with Crippen LogP contribution in [0.4, 0.5) is 10.1 Å². The second-order valence-electron chi connectivity index (χ2n) is 6.21. The topological polar surface area (TPSA) is 57.6 Å². The third kappa shape index (κ3) is 3.51. The molecular weight excluding hydrogens is 345 g/mol. The van der Waals surface area contributed by atoms with Crippen molar-refractivity contribution in [2.75, 3.05) is 4.90 Å². The first kappa shape index (κ1) is 18.9. The maximum atomic E-state index is 13.5. The minimum absolute atomic E-state index is 0.181. The molecule has 1 unspecified atom stereocenters. The van der Waals surface area contributed by atoms with Crippen LogP contribution < -0.4 is 4.90 Å². The number of hydrogen-bond acceptors (Lipinski definition) is 2. The van der Waals surface area contributed by atoms with Crippen LogP contribution in [0, 0.1) is 11.7 Å². The molecule has 132 valence electrons. The summed E-state index contributed by atoms with van der Waals surface area (Å²) in [5.41, 5.74) is -0.997. The fourth-order valence-electron chi connectivity index (χ4n) is 2.53. The lowest BCUT2D eigenvalue weighted by atomic mass is 9.85. The van der Waals surface area contributed by atoms with Crippen molar-refractivity contribution < 1.29 is 19.1 Å². The van der Waals surface area contributed by atoms with Crippen LogP contribution in [0.3, 0.4) is 0 Å². The van der Waals surface area contributed by atoms with Crippen molar-refractivity contribution in [1.82, 2.24) is 0 Å². The monoisotopic (exact) mass is 363 g/mol. The summed E-state index contributed by atoms with van der Waals surface area (Å²) in [7, 11) is 0. The maximum Gasteiger partial charge on any atom is 0.329 e. The summed E-state index contributed by atoms with van der Waals surface area (Å²) >= 11 is 5.86. The third-order valence-electron chi connectivity index (χ3n) is 4.41. The SMILES string of the molecule is CC(C)C(C)(C(=O)O)N(C(=O)c1ccccc1)c1ccc(F)c(Cl)c1. The summed E-state index contributed by atoms with van der Waals surface area (Å²) in [6.45, 7) is 4.90. The van der Waals surface area contributed by atoms with Crippen molar-refractivity contribution in [2.24, 2.45) is 5.92 Å². The van der Waals surface area contributed by atoms with Crippen molar-refractivity contribution in [2.45, 2.75) is 26.3 Å². The number of anilines is 1. The number of carbonyl (C=O) groups excluding carboxylic acids is 1. The van der Waals surface area contributed by atoms with Gasteiger partial charge in [0.15, 0.2) is 0 Å². The smallest absolute Gasteiger partial charge is 0.329 e. The molecule has 0 saturated carbocycles. The standard InChI is InChI=1S/C19H19ClFNO3/c1-12(2)19(3,18(24)25)22(14-9-10-16(21)15(20)11-14)17(23)13-7-5-4-6-8-13/h4-12H,1-3H3,(H,24,25). The second-order valence-corrected chi connectivity index (χ2v) is 6.62. The van der Waals surface area contributed by atoms with E-state index in [-0.39, 0.29) is 10.7 Å². The average Bonchev–Trinajstić information content (AvgIpc) is 2.58. The van der Waals surface area contributed by atoms with Gasteiger partial charge in [-0.05, 0) is 43.2 Å². The van der Waals surface area contributed by atoms with E-state index in [2.05, 4.69) is 0 Å². The molecule has 0 bridgehead atoms. The number of nitrogens with zero attached hydrogens (tertiary/aromatic N) is 1. The van der Waals surface area contributed by atoms with E-state index in [0.29, 0.717) is 5.56 Å². The van der Waals surface area contributed by atoms with Crippen LogP contribution in [-0.4, -0.2) is 22.5 Å². The molecule has 0 aliphatic heterocycles. The zero-order valence-corrected chi connectivity index (χ0v) is 14.9. The molecule has 0 saturated heterocycles. The molecule has 2 aromatic rings. The number of carbonyl (C=O) groups is 2. The normalized spacial score (nSPS) is 13.4. The van der Waals surface area contributed by atoms with E-state index in [1.807, 2.05) is 0 Å². The van der Waals surface area contributed by atoms with Gasteiger partial charge in [0, 0.05) is 11.3 Å². The van der Waals surface area contributed by atoms with Crippen LogP contribution in [0.5, 0.6) is 0 Å². The Morgan fingerprint density at radius 1 is 1.16 bits per heavy atom. The van der Waals surface area contributed by atoms with E-state index in [9.17, 15) is 19.1 Å². The third-order valence-corrected chi connectivity index (χ3v) is 4.70. The molecule has 0 aromatic heterocycles. The van der Waals surface area contributed by atoms with Crippen molar-refractivity contribution in [1.29, 1.82) is 0 Å². The van der Waals surface area contributed by atoms with Gasteiger partial charge in [-0.15, -0.1) is 0 Å². The first-order valence-electron chi connectivity index (χ1n) is 7.77. The minimum atomic E-state index is -1.55. The predicted octanol–water partition coefficient (Wildman–Crippen LogP) is 4.63. The fourth-order valence-corrected chi connectivity index (χ4v) is 2.71. The molecule has 0 fully saturated rings. The summed E-state index contributed by atoms with van der Waals surface area (Å²) in [5.74, 6) is -2.71. The van der Waals surface area contributed by atoms with Gasteiger partial charge in [-0.1, -0.05) is 43.6 Å². The summed E-state index contributed by atoms with van der Waals surface area (Å²) in [6, 6.07) is 12.1. The zero-order chi connectivity index (χ0) is 18.8. The van der Waals surface area contributed by atoms with E-state index in [1.54, 1.807) is 44.2 Å². The van der Waals surface area contributed by atoms with Crippen LogP contribution in [0.1, 0.15) is 31.1 Å². The second kappa shape index (κ2) is 7.23. The summed E-state index contributed by atoms with van der Waals surface area (Å²) in [4.78, 5) is 26.4. The molecular formula is C19H19ClFNO3. The zero-order valence-electron chi connectivity index (χ0n) is 14.2. The molecule has 2 rings (SSSR count). The molecule has 4 nitrogen and oxygen atoms in total. The van der Waals surface area contributed by atoms with Gasteiger partial charge in [0.2, 0.25) is 0 Å². The Balaban J connectivity index is 2.68. The Morgan fingerprint density at radius 2 is 1.76 bits per heavy atom. The molecule has 2 aromatic carbocycles. The first-order valence-corrected chi connectivity index (χ1v) is 8.15. The number of carboxylic acid groups (broad SMARTS) is 1. The Kier molecular flexibility index (Phi) is 5.48. The highest BCUT2D eigenvalue weighted by Crippen LogP contribution is 2.34. The number of carboxylic acids is 1. The lowest BCUT2D eigenvalue weighted by molar-refractivity contribution is -0.144. The molecule has 1 N–H and O–H groups in total. The maximum absolute atomic E-state index is 13.5. The number of amides is 1. The van der Waals surface area contributed by atoms with Gasteiger partial charge in [-0.3, -0.25) is 9.69 Å². The molecule has 0 radical (unpaired) electrons. The van der Waals surface area contributed by atoms with Gasteiger partial charge in [-0.2, -0.15) is 0 Å². The van der Waals surface area contributed by atoms with Crippen molar-refractivity contribution in [3.8, 4) is 0 Å². The lowest BCUT2D eigenvalue weighted by Gasteiger charge is -2.41. The fraction of sp³-hybridized carbons (Fsp3) is 0.263. The number of halogens is 2. The lowest BCUT2D eigenvalue weighted by Crippen LogP contribution is -2.59. The van der Waals surface area contributed by atoms with Crippen LogP contribution in [-0.2, 0) is 4.79 Å². The number of aliphatic carboxylic acids is 1. The Hall–Kier alpha value is -2.40. The van der Waals surface area contributed by atoms with Gasteiger partial charge in [0.25, 0.3) is 5.91 Å². The molecule has 1 amide bonds. The van der Waals surface area contributed by atoms with Crippen molar-refractivity contribution >= 4 is 29.2 Å². The van der Waals surface area contributed by atoms with Gasteiger partial charge >= 0.3 is 5.97 Å². The van der Waals surface area contributed by atoms with E-state index in [4.69, 9.17) is 11.6 Å². The van der Waals surface area contributed by atoms with E-state index in [0.717, 1.165) is 6.07 Å². The summed E-state index contributed by atoms with van der Waals surface area (Å²) < 4.78 is 13.5. The Labute approximate surface area is 150 Å². The highest BCUT2D eigenvalue weighted by molar-refractivity contribution is 6.31. The van der Waals surface area contributed by atoms with Crippen molar-refractivity contribution in [3.05, 3.63) is 64.9 Å². The largest absolute Gasteiger partial charge is 0.479 e. The number of benzene rings is 2. The van der Waals surface area contributed by atoms with E-state index >= 15 is 0 Å². The molecule has 0 heterocycles. The molecule has 0 aliphatic rings. The van der Waals surface area contributed by atoms with Crippen LogP contribution >= 0.6 is 11.6 Å². The molecule has 6 heteroatoms. The molecule has 1 atom stereocenters. The molecule has 25 heavy (non-hydrogen) atoms. The quantitative estimate of drug-likeness (QED) is 0.842. The highest BCUT2D eigenvalue weighted by Gasteiger charge is 2.46. The van der Waals surface area contributed by atoms with Crippen LogP contribution in [0.15, 0.2) is 48.5 Å². The molecule has 0 aliphatic carbocycles. The number of hydrogen-bond donors (Lipinski definition) is 1. The van der Waals surface area contributed by atoms with Gasteiger partial charge in [-0.25, -0.2) is 9.18 Å². The summed E-state index contributed by atoms with van der Waals surface area (Å²) in [5, 5.41) is 9.67. The van der Waals surface area contributed by atoms with E-state index in [1.165, 1.54) is 24.0 Å². The van der Waals surface area contributed by atoms with Gasteiger partial charge < -0.3 is 5.11 Å². The van der Waals surface area contributed by atoms with Crippen molar-refractivity contribution in [3.63, 3.8) is 0 Å². The Morgan fingerprint density at radius 3 is 2.24 bits per heavy atom. The minimum Gasteiger partial charge on any atom is -0.479 e. The predicted molar refractivity (Wildman–Crippen MR) is 95.5 cm³/mol. The van der Waals surface area contributed by atoms with Gasteiger partial charge in [0.1, 0.15) is 11.4 Å². The van der Waals surface area contributed by atoms with Crippen LogP contribution in [0.25, 0.3) is 0 Å². The first-order chi connectivity index (χ1) is 11.7. The van der Waals surface area contributed by atoms with Crippen LogP contribution in [0.2, 0.25) is 5.02 Å². The number of rotatable bonds is 5. The highest BCUT2D eigenvalue weighted by atomic mass is 35.5. The van der Waals surface area contributed by atoms with Gasteiger partial charge in [0.05, 0.1) is 5.02 Å². The average molecular weight is 364 g/mol. The summed E-state index contributed by atoms with van der Waals surface area (Å²) in [6.07, 6.45) is 0. The van der Waals surface area contributed by atoms with E-state index < -0.39 is 29.2 Å². The molecule has 0 spiro atoms.